The standard InChI is InChI=1S/C25H33NO3/c1-16-20-13-22-23(29-9-8-28-22)14-21(20)25(6-2-3-7-25)15-26(16)24(27)12-19-11-17-4-5-18(19)10-17/h13-14,16-19H,2-12,15H2,1H3. The van der Waals surface area contributed by atoms with Crippen molar-refractivity contribution >= 4 is 5.91 Å². The molecule has 29 heavy (non-hydrogen) atoms. The molecule has 1 amide bonds. The largest absolute Gasteiger partial charge is 0.486 e. The van der Waals surface area contributed by atoms with Gasteiger partial charge < -0.3 is 14.4 Å². The van der Waals surface area contributed by atoms with E-state index in [1.807, 2.05) is 0 Å². The van der Waals surface area contributed by atoms with Crippen LogP contribution < -0.4 is 9.47 Å². The van der Waals surface area contributed by atoms with Crippen LogP contribution in [0.4, 0.5) is 0 Å². The van der Waals surface area contributed by atoms with Crippen LogP contribution in [0.1, 0.15) is 81.9 Å². The smallest absolute Gasteiger partial charge is 0.223 e. The van der Waals surface area contributed by atoms with Crippen LogP contribution >= 0.6 is 0 Å². The molecular weight excluding hydrogens is 362 g/mol. The molecule has 4 unspecified atom stereocenters. The predicted molar refractivity (Wildman–Crippen MR) is 111 cm³/mol. The molecule has 4 atom stereocenters. The molecule has 0 saturated heterocycles. The number of fused-ring (bicyclic) bond motifs is 5. The summed E-state index contributed by atoms with van der Waals surface area (Å²) in [5, 5.41) is 0. The molecule has 6 rings (SSSR count). The Morgan fingerprint density at radius 2 is 1.86 bits per heavy atom. The number of hydrogen-bond donors (Lipinski definition) is 0. The molecule has 3 saturated carbocycles. The fraction of sp³-hybridized carbons (Fsp3) is 0.720. The van der Waals surface area contributed by atoms with Gasteiger partial charge in [-0.15, -0.1) is 0 Å². The maximum Gasteiger partial charge on any atom is 0.223 e. The number of carbonyl (C=O) groups excluding carboxylic acids is 1. The minimum atomic E-state index is 0.113. The van der Waals surface area contributed by atoms with Crippen LogP contribution in [0.15, 0.2) is 12.1 Å². The second-order valence-electron chi connectivity index (χ2n) is 10.4. The van der Waals surface area contributed by atoms with Gasteiger partial charge in [0.05, 0.1) is 6.04 Å². The Morgan fingerprint density at radius 3 is 2.55 bits per heavy atom. The molecule has 1 aromatic rings. The average molecular weight is 396 g/mol. The van der Waals surface area contributed by atoms with Gasteiger partial charge in [0.25, 0.3) is 0 Å². The van der Waals surface area contributed by atoms with E-state index in [2.05, 4.69) is 24.0 Å². The zero-order valence-corrected chi connectivity index (χ0v) is 17.6. The second kappa shape index (κ2) is 6.65. The Hall–Kier alpha value is -1.71. The summed E-state index contributed by atoms with van der Waals surface area (Å²) in [5.74, 6) is 4.50. The van der Waals surface area contributed by atoms with E-state index in [1.54, 1.807) is 0 Å². The summed E-state index contributed by atoms with van der Waals surface area (Å²) in [7, 11) is 0. The molecule has 0 aromatic heterocycles. The molecule has 156 valence electrons. The van der Waals surface area contributed by atoms with E-state index in [1.165, 1.54) is 62.5 Å². The minimum Gasteiger partial charge on any atom is -0.486 e. The van der Waals surface area contributed by atoms with Crippen molar-refractivity contribution in [2.24, 2.45) is 17.8 Å². The van der Waals surface area contributed by atoms with Crippen molar-refractivity contribution in [3.63, 3.8) is 0 Å². The van der Waals surface area contributed by atoms with E-state index in [-0.39, 0.29) is 11.5 Å². The summed E-state index contributed by atoms with van der Waals surface area (Å²) >= 11 is 0. The molecule has 2 heterocycles. The Bertz CT molecular complexity index is 828. The van der Waals surface area contributed by atoms with Crippen LogP contribution in [0.3, 0.4) is 0 Å². The Kier molecular flexibility index (Phi) is 4.15. The van der Waals surface area contributed by atoms with Crippen molar-refractivity contribution in [3.05, 3.63) is 23.3 Å². The summed E-state index contributed by atoms with van der Waals surface area (Å²) in [4.78, 5) is 15.8. The Labute approximate surface area is 173 Å². The first kappa shape index (κ1) is 18.1. The number of benzene rings is 1. The van der Waals surface area contributed by atoms with Gasteiger partial charge in [-0.05, 0) is 80.0 Å². The van der Waals surface area contributed by atoms with Gasteiger partial charge in [-0.25, -0.2) is 0 Å². The number of hydrogen-bond acceptors (Lipinski definition) is 3. The normalized spacial score (nSPS) is 33.9. The van der Waals surface area contributed by atoms with Crippen LogP contribution in [0.2, 0.25) is 0 Å². The van der Waals surface area contributed by atoms with Crippen molar-refractivity contribution < 1.29 is 14.3 Å². The van der Waals surface area contributed by atoms with Crippen LogP contribution in [0.25, 0.3) is 0 Å². The van der Waals surface area contributed by atoms with Crippen LogP contribution in [0.5, 0.6) is 11.5 Å². The molecular formula is C25H33NO3. The lowest BCUT2D eigenvalue weighted by molar-refractivity contribution is -0.136. The van der Waals surface area contributed by atoms with Gasteiger partial charge in [-0.2, -0.15) is 0 Å². The fourth-order valence-electron chi connectivity index (χ4n) is 7.38. The van der Waals surface area contributed by atoms with Crippen molar-refractivity contribution in [3.8, 4) is 11.5 Å². The highest BCUT2D eigenvalue weighted by Crippen LogP contribution is 2.53. The third-order valence-electron chi connectivity index (χ3n) is 8.88. The van der Waals surface area contributed by atoms with Gasteiger partial charge in [-0.1, -0.05) is 19.3 Å². The Morgan fingerprint density at radius 1 is 1.10 bits per heavy atom. The van der Waals surface area contributed by atoms with Crippen LogP contribution in [-0.2, 0) is 10.2 Å². The first-order chi connectivity index (χ1) is 14.1. The summed E-state index contributed by atoms with van der Waals surface area (Å²) in [6, 6.07) is 4.56. The molecule has 1 spiro atoms. The molecule has 1 aromatic carbocycles. The van der Waals surface area contributed by atoms with Gasteiger partial charge in [0.2, 0.25) is 5.91 Å². The van der Waals surface area contributed by atoms with E-state index in [0.29, 0.717) is 25.0 Å². The molecule has 2 aliphatic heterocycles. The second-order valence-corrected chi connectivity index (χ2v) is 10.4. The third kappa shape index (κ3) is 2.81. The van der Waals surface area contributed by atoms with E-state index < -0.39 is 0 Å². The molecule has 5 aliphatic rings. The van der Waals surface area contributed by atoms with Crippen molar-refractivity contribution in [2.75, 3.05) is 19.8 Å². The molecule has 2 bridgehead atoms. The monoisotopic (exact) mass is 395 g/mol. The number of amides is 1. The molecule has 4 nitrogen and oxygen atoms in total. The summed E-state index contributed by atoms with van der Waals surface area (Å²) in [5.41, 5.74) is 2.83. The number of nitrogens with zero attached hydrogens (tertiary/aromatic N) is 1. The molecule has 3 fully saturated rings. The van der Waals surface area contributed by atoms with Crippen LogP contribution in [-0.4, -0.2) is 30.6 Å². The fourth-order valence-corrected chi connectivity index (χ4v) is 7.38. The summed E-state index contributed by atoms with van der Waals surface area (Å²) in [6.07, 6.45) is 11.1. The molecule has 0 radical (unpaired) electrons. The van der Waals surface area contributed by atoms with E-state index >= 15 is 0 Å². The van der Waals surface area contributed by atoms with E-state index in [4.69, 9.17) is 9.47 Å². The highest BCUT2D eigenvalue weighted by molar-refractivity contribution is 5.78. The highest BCUT2D eigenvalue weighted by atomic mass is 16.6. The molecule has 3 aliphatic carbocycles. The quantitative estimate of drug-likeness (QED) is 0.707. The first-order valence-corrected chi connectivity index (χ1v) is 11.9. The average Bonchev–Trinajstić information content (AvgIpc) is 3.47. The lowest BCUT2D eigenvalue weighted by Gasteiger charge is -2.47. The zero-order chi connectivity index (χ0) is 19.6. The van der Waals surface area contributed by atoms with Gasteiger partial charge in [0.15, 0.2) is 11.5 Å². The molecule has 0 N–H and O–H groups in total. The first-order valence-electron chi connectivity index (χ1n) is 11.9. The van der Waals surface area contributed by atoms with Crippen molar-refractivity contribution in [1.29, 1.82) is 0 Å². The van der Waals surface area contributed by atoms with Gasteiger partial charge in [0, 0.05) is 18.4 Å². The summed E-state index contributed by atoms with van der Waals surface area (Å²) < 4.78 is 11.8. The highest BCUT2D eigenvalue weighted by Gasteiger charge is 2.47. The summed E-state index contributed by atoms with van der Waals surface area (Å²) in [6.45, 7) is 4.34. The van der Waals surface area contributed by atoms with Crippen molar-refractivity contribution in [1.82, 2.24) is 4.90 Å². The SMILES string of the molecule is CC1c2cc3c(cc2C2(CCCC2)CN1C(=O)CC1CC2CCC1C2)OCCO3. The Balaban J connectivity index is 1.33. The van der Waals surface area contributed by atoms with E-state index in [9.17, 15) is 4.79 Å². The maximum absolute atomic E-state index is 13.5. The number of ether oxygens (including phenoxy) is 2. The van der Waals surface area contributed by atoms with Crippen LogP contribution in [0, 0.1) is 17.8 Å². The zero-order valence-electron chi connectivity index (χ0n) is 17.6. The molecule has 4 heteroatoms. The topological polar surface area (TPSA) is 38.8 Å². The van der Waals surface area contributed by atoms with Gasteiger partial charge in [-0.3, -0.25) is 4.79 Å². The minimum absolute atomic E-state index is 0.113. The van der Waals surface area contributed by atoms with Crippen molar-refractivity contribution in [2.45, 2.75) is 76.2 Å². The predicted octanol–water partition coefficient (Wildman–Crippen LogP) is 5.00. The third-order valence-corrected chi connectivity index (χ3v) is 8.88. The number of carbonyl (C=O) groups is 1. The number of rotatable bonds is 2. The van der Waals surface area contributed by atoms with Gasteiger partial charge in [0.1, 0.15) is 13.2 Å². The maximum atomic E-state index is 13.5. The lowest BCUT2D eigenvalue weighted by Crippen LogP contribution is -2.49. The lowest BCUT2D eigenvalue weighted by atomic mass is 9.71. The van der Waals surface area contributed by atoms with Gasteiger partial charge >= 0.3 is 0 Å². The van der Waals surface area contributed by atoms with E-state index in [0.717, 1.165) is 36.3 Å².